The number of ketones is 1. The van der Waals surface area contributed by atoms with Gasteiger partial charge in [-0.05, 0) is 43.3 Å². The number of carbonyl (C=O) groups is 3. The van der Waals surface area contributed by atoms with E-state index in [2.05, 4.69) is 15.5 Å². The zero-order chi connectivity index (χ0) is 22.8. The Bertz CT molecular complexity index is 1340. The molecule has 162 valence electrons. The van der Waals surface area contributed by atoms with Crippen molar-refractivity contribution in [3.63, 3.8) is 0 Å². The van der Waals surface area contributed by atoms with Gasteiger partial charge < -0.3 is 19.0 Å². The first-order valence-corrected chi connectivity index (χ1v) is 9.42. The van der Waals surface area contributed by atoms with E-state index in [1.165, 1.54) is 31.4 Å². The minimum absolute atomic E-state index is 0.0782. The smallest absolute Gasteiger partial charge is 0.339 e. The molecule has 0 aliphatic heterocycles. The van der Waals surface area contributed by atoms with Gasteiger partial charge in [-0.2, -0.15) is 0 Å². The molecule has 0 saturated heterocycles. The molecule has 3 aromatic heterocycles. The number of pyridine rings is 1. The lowest BCUT2D eigenvalue weighted by Gasteiger charge is -2.08. The maximum atomic E-state index is 14.3. The van der Waals surface area contributed by atoms with Crippen molar-refractivity contribution < 1.29 is 32.5 Å². The molecule has 9 nitrogen and oxygen atoms in total. The average molecular weight is 437 g/mol. The van der Waals surface area contributed by atoms with Crippen molar-refractivity contribution in [3.05, 3.63) is 65.3 Å². The van der Waals surface area contributed by atoms with Crippen LogP contribution in [0.5, 0.6) is 0 Å². The third-order valence-electron chi connectivity index (χ3n) is 4.53. The molecule has 0 aliphatic rings. The first-order valence-electron chi connectivity index (χ1n) is 9.42. The number of ether oxygens (including phenoxy) is 1. The number of benzene rings is 1. The molecule has 0 spiro atoms. The summed E-state index contributed by atoms with van der Waals surface area (Å²) in [6.45, 7) is 2.22. The van der Waals surface area contributed by atoms with E-state index in [-0.39, 0.29) is 28.4 Å². The van der Waals surface area contributed by atoms with Gasteiger partial charge in [-0.25, -0.2) is 14.2 Å². The number of aromatic nitrogens is 2. The van der Waals surface area contributed by atoms with Crippen molar-refractivity contribution in [1.82, 2.24) is 10.1 Å². The van der Waals surface area contributed by atoms with E-state index in [9.17, 15) is 18.8 Å². The third kappa shape index (κ3) is 4.10. The molecular formula is C22H16FN3O6. The predicted molar refractivity (Wildman–Crippen MR) is 110 cm³/mol. The van der Waals surface area contributed by atoms with Gasteiger partial charge >= 0.3 is 5.97 Å². The van der Waals surface area contributed by atoms with Gasteiger partial charge in [0.25, 0.3) is 5.71 Å². The monoisotopic (exact) mass is 437 g/mol. The Labute approximate surface area is 180 Å². The molecule has 0 bridgehead atoms. The van der Waals surface area contributed by atoms with E-state index in [1.807, 2.05) is 0 Å². The molecule has 1 amide bonds. The average Bonchev–Trinajstić information content (AvgIpc) is 3.41. The minimum atomic E-state index is -0.849. The number of Topliss-reactive ketones (excluding diaryl/α,β-unsaturated/α-hetero) is 1. The normalized spacial score (nSPS) is 10.8. The zero-order valence-corrected chi connectivity index (χ0v) is 17.0. The van der Waals surface area contributed by atoms with Crippen LogP contribution in [0.2, 0.25) is 0 Å². The Morgan fingerprint density at radius 2 is 1.97 bits per heavy atom. The number of anilines is 1. The number of rotatable bonds is 6. The number of hydrogen-bond donors (Lipinski definition) is 1. The molecular weight excluding hydrogens is 421 g/mol. The highest BCUT2D eigenvalue weighted by Crippen LogP contribution is 2.28. The number of nitrogens with one attached hydrogen (secondary N) is 1. The topological polar surface area (TPSA) is 125 Å². The van der Waals surface area contributed by atoms with Gasteiger partial charge in [0.1, 0.15) is 11.5 Å². The van der Waals surface area contributed by atoms with E-state index < -0.39 is 24.2 Å². The van der Waals surface area contributed by atoms with Crippen molar-refractivity contribution in [1.29, 1.82) is 0 Å². The fraction of sp³-hybridized carbons (Fsp3) is 0.136. The number of furan rings is 1. The summed E-state index contributed by atoms with van der Waals surface area (Å²) in [6, 6.07) is 8.36. The van der Waals surface area contributed by atoms with Gasteiger partial charge in [-0.3, -0.25) is 9.59 Å². The highest BCUT2D eigenvalue weighted by Gasteiger charge is 2.23. The van der Waals surface area contributed by atoms with Crippen LogP contribution in [0.15, 0.2) is 51.6 Å². The fourth-order valence-electron chi connectivity index (χ4n) is 3.12. The maximum absolute atomic E-state index is 14.3. The van der Waals surface area contributed by atoms with Crippen LogP contribution in [0, 0.1) is 12.7 Å². The third-order valence-corrected chi connectivity index (χ3v) is 4.53. The van der Waals surface area contributed by atoms with Crippen LogP contribution in [-0.4, -0.2) is 34.4 Å². The molecule has 10 heteroatoms. The number of esters is 1. The molecule has 1 N–H and O–H groups in total. The Morgan fingerprint density at radius 3 is 2.66 bits per heavy atom. The molecule has 0 radical (unpaired) electrons. The van der Waals surface area contributed by atoms with Gasteiger partial charge in [0.2, 0.25) is 11.7 Å². The number of carbonyl (C=O) groups excluding carboxylic acids is 3. The Kier molecular flexibility index (Phi) is 5.50. The molecule has 32 heavy (non-hydrogen) atoms. The lowest BCUT2D eigenvalue weighted by molar-refractivity contribution is -0.114. The SMILES string of the molecule is CC(=O)Nc1ccc(C(=O)COC(=O)c2cc(-c3ccco3)nc3onc(C)c23)c(F)c1. The molecule has 0 fully saturated rings. The summed E-state index contributed by atoms with van der Waals surface area (Å²) in [4.78, 5) is 40.5. The predicted octanol–water partition coefficient (Wildman–Crippen LogP) is 3.93. The molecule has 0 atom stereocenters. The van der Waals surface area contributed by atoms with Crippen molar-refractivity contribution in [2.45, 2.75) is 13.8 Å². The van der Waals surface area contributed by atoms with Crippen molar-refractivity contribution in [3.8, 4) is 11.5 Å². The summed E-state index contributed by atoms with van der Waals surface area (Å²) < 4.78 is 29.9. The van der Waals surface area contributed by atoms with Crippen LogP contribution in [0.1, 0.15) is 33.3 Å². The highest BCUT2D eigenvalue weighted by molar-refractivity contribution is 6.06. The van der Waals surface area contributed by atoms with Crippen LogP contribution in [0.25, 0.3) is 22.6 Å². The number of aryl methyl sites for hydroxylation is 1. The second-order valence-electron chi connectivity index (χ2n) is 6.86. The summed E-state index contributed by atoms with van der Waals surface area (Å²) in [6.07, 6.45) is 1.45. The Balaban J connectivity index is 1.56. The van der Waals surface area contributed by atoms with Crippen LogP contribution in [0.4, 0.5) is 10.1 Å². The van der Waals surface area contributed by atoms with Crippen molar-refractivity contribution in [2.24, 2.45) is 0 Å². The number of amides is 1. The minimum Gasteiger partial charge on any atom is -0.463 e. The number of nitrogens with zero attached hydrogens (tertiary/aromatic N) is 2. The number of hydrogen-bond acceptors (Lipinski definition) is 8. The van der Waals surface area contributed by atoms with Gasteiger partial charge in [0.05, 0.1) is 28.5 Å². The highest BCUT2D eigenvalue weighted by atomic mass is 19.1. The summed E-state index contributed by atoms with van der Waals surface area (Å²) in [5.41, 5.74) is 0.844. The summed E-state index contributed by atoms with van der Waals surface area (Å²) in [5.74, 6) is -2.41. The van der Waals surface area contributed by atoms with E-state index in [0.717, 1.165) is 6.07 Å². The van der Waals surface area contributed by atoms with E-state index in [0.29, 0.717) is 22.5 Å². The van der Waals surface area contributed by atoms with Gasteiger partial charge in [-0.15, -0.1) is 0 Å². The Hall–Kier alpha value is -4.34. The van der Waals surface area contributed by atoms with Crippen LogP contribution in [0.3, 0.4) is 0 Å². The largest absolute Gasteiger partial charge is 0.463 e. The second-order valence-corrected chi connectivity index (χ2v) is 6.86. The first kappa shape index (κ1) is 20.9. The Morgan fingerprint density at radius 1 is 1.16 bits per heavy atom. The molecule has 0 unspecified atom stereocenters. The van der Waals surface area contributed by atoms with Crippen LogP contribution in [-0.2, 0) is 9.53 Å². The maximum Gasteiger partial charge on any atom is 0.339 e. The zero-order valence-electron chi connectivity index (χ0n) is 17.0. The van der Waals surface area contributed by atoms with E-state index in [1.54, 1.807) is 19.1 Å². The summed E-state index contributed by atoms with van der Waals surface area (Å²) in [5, 5.41) is 6.57. The standard InChI is InChI=1S/C22H16FN3O6/c1-11-20-15(9-17(19-4-3-7-30-19)25-21(20)32-26-11)22(29)31-10-18(28)14-6-5-13(8-16(14)23)24-12(2)27/h3-9H,10H2,1-2H3,(H,24,27). The van der Waals surface area contributed by atoms with E-state index >= 15 is 0 Å². The fourth-order valence-corrected chi connectivity index (χ4v) is 3.12. The van der Waals surface area contributed by atoms with Crippen LogP contribution >= 0.6 is 0 Å². The lowest BCUT2D eigenvalue weighted by Crippen LogP contribution is -2.16. The second kappa shape index (κ2) is 8.42. The molecule has 4 rings (SSSR count). The first-order chi connectivity index (χ1) is 15.3. The van der Waals surface area contributed by atoms with Gasteiger partial charge in [-0.1, -0.05) is 5.16 Å². The van der Waals surface area contributed by atoms with Crippen molar-refractivity contribution >= 4 is 34.4 Å². The molecule has 0 saturated carbocycles. The molecule has 4 aromatic rings. The van der Waals surface area contributed by atoms with Gasteiger partial charge in [0.15, 0.2) is 12.4 Å². The quantitative estimate of drug-likeness (QED) is 0.355. The molecule has 1 aromatic carbocycles. The lowest BCUT2D eigenvalue weighted by atomic mass is 10.1. The van der Waals surface area contributed by atoms with E-state index in [4.69, 9.17) is 13.7 Å². The summed E-state index contributed by atoms with van der Waals surface area (Å²) in [7, 11) is 0. The number of halogens is 1. The molecule has 0 aliphatic carbocycles. The van der Waals surface area contributed by atoms with Crippen molar-refractivity contribution in [2.75, 3.05) is 11.9 Å². The molecule has 3 heterocycles. The number of fused-ring (bicyclic) bond motifs is 1. The summed E-state index contributed by atoms with van der Waals surface area (Å²) >= 11 is 0. The van der Waals surface area contributed by atoms with Crippen LogP contribution < -0.4 is 5.32 Å². The van der Waals surface area contributed by atoms with Gasteiger partial charge in [0, 0.05) is 12.6 Å².